The van der Waals surface area contributed by atoms with E-state index in [0.29, 0.717) is 19.3 Å². The van der Waals surface area contributed by atoms with Gasteiger partial charge in [0.05, 0.1) is 0 Å². The lowest BCUT2D eigenvalue weighted by Crippen LogP contribution is -2.30. The molecule has 0 saturated heterocycles. The Bertz CT molecular complexity index is 1890. The van der Waals surface area contributed by atoms with E-state index in [1.165, 1.54) is 103 Å². The molecule has 0 aliphatic heterocycles. The van der Waals surface area contributed by atoms with E-state index in [4.69, 9.17) is 14.2 Å². The average molecular weight is 1140 g/mol. The topological polar surface area (TPSA) is 78.9 Å². The molecule has 0 aromatic heterocycles. The maximum Gasteiger partial charge on any atom is 0.306 e. The summed E-state index contributed by atoms with van der Waals surface area (Å²) in [7, 11) is 0. The SMILES string of the molecule is CC/C=C\C/C=C\C/C=C\C/C=C\C/C=C\CCCC(=O)OCC(COC(=O)CCCCCCCCCCCCCCCCCCCC/C=C\C/C=C\C/C=C\C/C=C\CC)OC(=O)CCC/C=C\C/C=C\C/C=C\C/C=C\C/C=C\CC. The molecule has 466 valence electrons. The number of rotatable bonds is 59. The lowest BCUT2D eigenvalue weighted by Gasteiger charge is -2.18. The van der Waals surface area contributed by atoms with Crippen molar-refractivity contribution >= 4 is 17.9 Å². The number of ether oxygens (including phenoxy) is 3. The van der Waals surface area contributed by atoms with E-state index >= 15 is 0 Å². The van der Waals surface area contributed by atoms with Crippen molar-refractivity contribution in [1.82, 2.24) is 0 Å². The summed E-state index contributed by atoms with van der Waals surface area (Å²) in [6, 6.07) is 0. The minimum Gasteiger partial charge on any atom is -0.462 e. The Morgan fingerprint density at radius 1 is 0.241 bits per heavy atom. The smallest absolute Gasteiger partial charge is 0.306 e. The minimum absolute atomic E-state index is 0.124. The van der Waals surface area contributed by atoms with Crippen LogP contribution in [-0.2, 0) is 28.6 Å². The zero-order chi connectivity index (χ0) is 59.9. The van der Waals surface area contributed by atoms with E-state index in [1.54, 1.807) is 0 Å². The van der Waals surface area contributed by atoms with Gasteiger partial charge in [-0.1, -0.05) is 294 Å². The van der Waals surface area contributed by atoms with Gasteiger partial charge in [-0.3, -0.25) is 14.4 Å². The molecule has 6 heteroatoms. The van der Waals surface area contributed by atoms with Crippen LogP contribution in [0.3, 0.4) is 0 Å². The first-order valence-corrected chi connectivity index (χ1v) is 33.6. The highest BCUT2D eigenvalue weighted by molar-refractivity contribution is 5.71. The summed E-state index contributed by atoms with van der Waals surface area (Å²) >= 11 is 0. The van der Waals surface area contributed by atoms with E-state index < -0.39 is 6.10 Å². The number of hydrogen-bond donors (Lipinski definition) is 0. The summed E-state index contributed by atoms with van der Waals surface area (Å²) < 4.78 is 16.8. The Hall–Kier alpha value is -5.23. The van der Waals surface area contributed by atoms with Crippen LogP contribution in [0.4, 0.5) is 0 Å². The first kappa shape index (κ1) is 77.8. The number of unbranched alkanes of at least 4 members (excludes halogenated alkanes) is 20. The standard InChI is InChI=1S/C77H122O6/c1-4-7-10-13-16-19-22-25-28-31-32-33-34-35-36-37-38-39-40-41-42-43-44-47-49-52-55-58-61-64-67-70-76(79)82-73-74(83-77(80)71-68-65-62-59-56-53-50-46-30-27-24-21-18-15-12-9-6-3)72-81-75(78)69-66-63-60-57-54-51-48-45-29-26-23-20-17-14-11-8-5-2/h7-12,16-21,25-30,32-33,48,50-51,53,57,59-60,62,74H,4-6,13-15,22-24,31,34-47,49,52,54-56,58,61,63-73H2,1-3H3/b10-7-,11-8-,12-9-,19-16-,20-17-,21-18-,28-25-,29-26-,30-27-,33-32-,51-48-,53-50-,60-57-,62-59-. The highest BCUT2D eigenvalue weighted by Gasteiger charge is 2.19. The largest absolute Gasteiger partial charge is 0.462 e. The Morgan fingerprint density at radius 3 is 0.723 bits per heavy atom. The summed E-state index contributed by atoms with van der Waals surface area (Å²) in [5.74, 6) is -1.04. The van der Waals surface area contributed by atoms with Crippen molar-refractivity contribution < 1.29 is 28.6 Å². The van der Waals surface area contributed by atoms with Crippen LogP contribution in [-0.4, -0.2) is 37.2 Å². The zero-order valence-corrected chi connectivity index (χ0v) is 53.4. The molecule has 0 bridgehead atoms. The maximum atomic E-state index is 12.9. The fraction of sp³-hybridized carbons (Fsp3) is 0.597. The molecule has 0 fully saturated rings. The second-order valence-electron chi connectivity index (χ2n) is 21.6. The average Bonchev–Trinajstić information content (AvgIpc) is 3.50. The fourth-order valence-corrected chi connectivity index (χ4v) is 8.80. The molecule has 0 radical (unpaired) electrons. The van der Waals surface area contributed by atoms with Crippen LogP contribution in [0.25, 0.3) is 0 Å². The Morgan fingerprint density at radius 2 is 0.446 bits per heavy atom. The van der Waals surface area contributed by atoms with Crippen molar-refractivity contribution in [2.24, 2.45) is 0 Å². The van der Waals surface area contributed by atoms with Gasteiger partial charge in [0.25, 0.3) is 0 Å². The first-order valence-electron chi connectivity index (χ1n) is 33.6. The van der Waals surface area contributed by atoms with Crippen LogP contribution < -0.4 is 0 Å². The molecule has 0 heterocycles. The van der Waals surface area contributed by atoms with Crippen molar-refractivity contribution in [2.75, 3.05) is 13.2 Å². The Kier molecular flexibility index (Phi) is 64.9. The van der Waals surface area contributed by atoms with Gasteiger partial charge in [0.15, 0.2) is 6.10 Å². The van der Waals surface area contributed by atoms with Gasteiger partial charge in [0.2, 0.25) is 0 Å². The van der Waals surface area contributed by atoms with Crippen LogP contribution >= 0.6 is 0 Å². The lowest BCUT2D eigenvalue weighted by molar-refractivity contribution is -0.167. The van der Waals surface area contributed by atoms with Crippen LogP contribution in [0, 0.1) is 0 Å². The van der Waals surface area contributed by atoms with Gasteiger partial charge in [0.1, 0.15) is 13.2 Å². The van der Waals surface area contributed by atoms with Gasteiger partial charge < -0.3 is 14.2 Å². The molecule has 0 aromatic rings. The molecule has 1 atom stereocenters. The van der Waals surface area contributed by atoms with Gasteiger partial charge in [-0.2, -0.15) is 0 Å². The molecular formula is C77H122O6. The van der Waals surface area contributed by atoms with Crippen molar-refractivity contribution in [2.45, 2.75) is 284 Å². The predicted molar refractivity (Wildman–Crippen MR) is 361 cm³/mol. The third-order valence-electron chi connectivity index (χ3n) is 13.7. The third-order valence-corrected chi connectivity index (χ3v) is 13.7. The minimum atomic E-state index is -0.839. The molecule has 0 aliphatic rings. The number of allylic oxidation sites excluding steroid dienone is 28. The molecule has 0 aliphatic carbocycles. The second kappa shape index (κ2) is 69.3. The van der Waals surface area contributed by atoms with Crippen molar-refractivity contribution in [1.29, 1.82) is 0 Å². The number of hydrogen-bond acceptors (Lipinski definition) is 6. The number of esters is 3. The van der Waals surface area contributed by atoms with E-state index in [-0.39, 0.29) is 44.0 Å². The summed E-state index contributed by atoms with van der Waals surface area (Å²) in [6.07, 6.45) is 103. The Labute approximate surface area is 511 Å². The molecule has 1 unspecified atom stereocenters. The highest BCUT2D eigenvalue weighted by Crippen LogP contribution is 2.16. The summed E-state index contributed by atoms with van der Waals surface area (Å²) in [4.78, 5) is 38.3. The fourth-order valence-electron chi connectivity index (χ4n) is 8.80. The molecule has 0 rings (SSSR count). The highest BCUT2D eigenvalue weighted by atomic mass is 16.6. The molecular weight excluding hydrogens is 1020 g/mol. The molecule has 0 spiro atoms. The van der Waals surface area contributed by atoms with Crippen molar-refractivity contribution in [3.05, 3.63) is 170 Å². The van der Waals surface area contributed by atoms with Gasteiger partial charge in [0, 0.05) is 19.3 Å². The van der Waals surface area contributed by atoms with Crippen LogP contribution in [0.2, 0.25) is 0 Å². The summed E-state index contributed by atoms with van der Waals surface area (Å²) in [5.41, 5.74) is 0. The second-order valence-corrected chi connectivity index (χ2v) is 21.6. The molecule has 83 heavy (non-hydrogen) atoms. The van der Waals surface area contributed by atoms with Gasteiger partial charge in [-0.15, -0.1) is 0 Å². The summed E-state index contributed by atoms with van der Waals surface area (Å²) in [5, 5.41) is 0. The third kappa shape index (κ3) is 67.4. The van der Waals surface area contributed by atoms with Gasteiger partial charge in [-0.25, -0.2) is 0 Å². The van der Waals surface area contributed by atoms with Crippen LogP contribution in [0.5, 0.6) is 0 Å². The molecule has 0 saturated carbocycles. The molecule has 0 N–H and O–H groups in total. The number of carbonyl (C=O) groups is 3. The van der Waals surface area contributed by atoms with Crippen molar-refractivity contribution in [3.63, 3.8) is 0 Å². The van der Waals surface area contributed by atoms with E-state index in [9.17, 15) is 14.4 Å². The number of carbonyl (C=O) groups excluding carboxylic acids is 3. The summed E-state index contributed by atoms with van der Waals surface area (Å²) in [6.45, 7) is 6.21. The maximum absolute atomic E-state index is 12.9. The molecule has 6 nitrogen and oxygen atoms in total. The molecule has 0 amide bonds. The normalized spacial score (nSPS) is 13.2. The first-order chi connectivity index (χ1) is 41.0. The zero-order valence-electron chi connectivity index (χ0n) is 53.4. The van der Waals surface area contributed by atoms with Gasteiger partial charge in [-0.05, 0) is 135 Å². The van der Waals surface area contributed by atoms with Crippen molar-refractivity contribution in [3.8, 4) is 0 Å². The quantitative estimate of drug-likeness (QED) is 0.0261. The lowest BCUT2D eigenvalue weighted by atomic mass is 10.0. The molecule has 0 aromatic carbocycles. The Balaban J connectivity index is 4.37. The van der Waals surface area contributed by atoms with Gasteiger partial charge >= 0.3 is 17.9 Å². The van der Waals surface area contributed by atoms with E-state index in [2.05, 4.69) is 191 Å². The van der Waals surface area contributed by atoms with Crippen LogP contribution in [0.1, 0.15) is 278 Å². The predicted octanol–water partition coefficient (Wildman–Crippen LogP) is 23.4. The van der Waals surface area contributed by atoms with E-state index in [0.717, 1.165) is 122 Å². The van der Waals surface area contributed by atoms with E-state index in [1.807, 2.05) is 0 Å². The monoisotopic (exact) mass is 1140 g/mol. The van der Waals surface area contributed by atoms with Crippen LogP contribution in [0.15, 0.2) is 170 Å².